The van der Waals surface area contributed by atoms with Crippen molar-refractivity contribution in [2.75, 3.05) is 20.8 Å². The fourth-order valence-electron chi connectivity index (χ4n) is 2.33. The van der Waals surface area contributed by atoms with Gasteiger partial charge in [0.1, 0.15) is 11.5 Å². The van der Waals surface area contributed by atoms with Gasteiger partial charge in [-0.3, -0.25) is 0 Å². The first-order valence-electron chi connectivity index (χ1n) is 7.96. The number of carbonyl (C=O) groups excluding carboxylic acids is 1. The highest BCUT2D eigenvalue weighted by Crippen LogP contribution is 2.23. The topological polar surface area (TPSA) is 66.4 Å². The zero-order valence-electron chi connectivity index (χ0n) is 14.1. The summed E-state index contributed by atoms with van der Waals surface area (Å²) in [6, 6.07) is 5.28. The van der Waals surface area contributed by atoms with Crippen LogP contribution in [0.25, 0.3) is 0 Å². The van der Waals surface area contributed by atoms with Crippen molar-refractivity contribution in [1.29, 1.82) is 0 Å². The van der Waals surface area contributed by atoms with Crippen LogP contribution in [0.2, 0.25) is 0 Å². The highest BCUT2D eigenvalue weighted by molar-refractivity contribution is 5.84. The summed E-state index contributed by atoms with van der Waals surface area (Å²) in [7, 11) is 3.13. The molecular weight excluding hydrogens is 310 g/mol. The van der Waals surface area contributed by atoms with Crippen LogP contribution in [0.1, 0.15) is 31.2 Å². The maximum Gasteiger partial charge on any atom is 0.337 e. The first-order chi connectivity index (χ1) is 11.7. The Kier molecular flexibility index (Phi) is 7.29. The number of oxime groups is 1. The van der Waals surface area contributed by atoms with Gasteiger partial charge in [-0.2, -0.15) is 0 Å². The molecule has 0 amide bonds. The van der Waals surface area contributed by atoms with E-state index in [1.807, 2.05) is 6.08 Å². The lowest BCUT2D eigenvalue weighted by molar-refractivity contribution is -0.145. The molecule has 6 nitrogen and oxygen atoms in total. The summed E-state index contributed by atoms with van der Waals surface area (Å²) < 4.78 is 16.0. The zero-order chi connectivity index (χ0) is 17.2. The van der Waals surface area contributed by atoms with Crippen molar-refractivity contribution in [2.45, 2.75) is 31.8 Å². The number of nitrogens with zero attached hydrogens (tertiary/aromatic N) is 1. The van der Waals surface area contributed by atoms with Crippen LogP contribution in [-0.4, -0.2) is 39.1 Å². The van der Waals surface area contributed by atoms with E-state index < -0.39 is 5.97 Å². The van der Waals surface area contributed by atoms with Crippen LogP contribution in [0.15, 0.2) is 35.5 Å². The van der Waals surface area contributed by atoms with Crippen LogP contribution in [0.3, 0.4) is 0 Å². The predicted octanol–water partition coefficient (Wildman–Crippen LogP) is 3.10. The average molecular weight is 333 g/mol. The third-order valence-electron chi connectivity index (χ3n) is 3.64. The molecule has 6 heteroatoms. The SMILES string of the molecule is COc1ccc(/C=N\OC(=O)CCOC2C=CCCC2)c(OC)c1. The highest BCUT2D eigenvalue weighted by atomic mass is 16.7. The number of ether oxygens (including phenoxy) is 3. The smallest absolute Gasteiger partial charge is 0.337 e. The van der Waals surface area contributed by atoms with Gasteiger partial charge >= 0.3 is 5.97 Å². The van der Waals surface area contributed by atoms with Crippen molar-refractivity contribution in [3.8, 4) is 11.5 Å². The molecule has 1 atom stereocenters. The first kappa shape index (κ1) is 18.0. The molecule has 0 fully saturated rings. The molecule has 0 saturated heterocycles. The molecule has 0 N–H and O–H groups in total. The van der Waals surface area contributed by atoms with Gasteiger partial charge in [-0.25, -0.2) is 4.79 Å². The monoisotopic (exact) mass is 333 g/mol. The molecule has 0 radical (unpaired) electrons. The Morgan fingerprint density at radius 1 is 1.33 bits per heavy atom. The summed E-state index contributed by atoms with van der Waals surface area (Å²) in [5, 5.41) is 3.71. The second-order valence-corrected chi connectivity index (χ2v) is 5.32. The van der Waals surface area contributed by atoms with Gasteiger partial charge in [-0.15, -0.1) is 0 Å². The fraction of sp³-hybridized carbons (Fsp3) is 0.444. The minimum atomic E-state index is -0.432. The Balaban J connectivity index is 1.75. The lowest BCUT2D eigenvalue weighted by Crippen LogP contribution is -2.15. The van der Waals surface area contributed by atoms with Crippen molar-refractivity contribution in [3.63, 3.8) is 0 Å². The summed E-state index contributed by atoms with van der Waals surface area (Å²) >= 11 is 0. The average Bonchev–Trinajstić information content (AvgIpc) is 2.62. The number of carbonyl (C=O) groups is 1. The Morgan fingerprint density at radius 2 is 2.21 bits per heavy atom. The zero-order valence-corrected chi connectivity index (χ0v) is 14.1. The van der Waals surface area contributed by atoms with Gasteiger partial charge in [0, 0.05) is 11.6 Å². The molecule has 0 bridgehead atoms. The largest absolute Gasteiger partial charge is 0.497 e. The van der Waals surface area contributed by atoms with Gasteiger partial charge in [0.2, 0.25) is 0 Å². The normalized spacial score (nSPS) is 17.0. The summed E-state index contributed by atoms with van der Waals surface area (Å²) in [4.78, 5) is 16.5. The Hall–Kier alpha value is -2.34. The molecule has 1 aromatic carbocycles. The first-order valence-corrected chi connectivity index (χ1v) is 7.96. The van der Waals surface area contributed by atoms with Crippen molar-refractivity contribution in [3.05, 3.63) is 35.9 Å². The van der Waals surface area contributed by atoms with E-state index in [0.717, 1.165) is 19.3 Å². The van der Waals surface area contributed by atoms with Crippen LogP contribution in [-0.2, 0) is 14.4 Å². The molecule has 2 rings (SSSR count). The highest BCUT2D eigenvalue weighted by Gasteiger charge is 2.10. The number of hydrogen-bond donors (Lipinski definition) is 0. The number of hydrogen-bond acceptors (Lipinski definition) is 6. The van der Waals surface area contributed by atoms with Crippen molar-refractivity contribution < 1.29 is 23.8 Å². The minimum Gasteiger partial charge on any atom is -0.497 e. The molecule has 0 aliphatic heterocycles. The van der Waals surface area contributed by atoms with E-state index >= 15 is 0 Å². The second-order valence-electron chi connectivity index (χ2n) is 5.32. The van der Waals surface area contributed by atoms with Gasteiger partial charge in [-0.1, -0.05) is 17.3 Å². The number of rotatable bonds is 8. The van der Waals surface area contributed by atoms with E-state index in [9.17, 15) is 4.79 Å². The summed E-state index contributed by atoms with van der Waals surface area (Å²) in [5.74, 6) is 0.829. The number of methoxy groups -OCH3 is 2. The maximum absolute atomic E-state index is 11.6. The Bertz CT molecular complexity index is 597. The summed E-state index contributed by atoms with van der Waals surface area (Å²) in [6.07, 6.45) is 9.09. The Labute approximate surface area is 142 Å². The van der Waals surface area contributed by atoms with E-state index in [1.54, 1.807) is 32.4 Å². The van der Waals surface area contributed by atoms with Crippen molar-refractivity contribution in [1.82, 2.24) is 0 Å². The van der Waals surface area contributed by atoms with E-state index in [2.05, 4.69) is 11.2 Å². The maximum atomic E-state index is 11.6. The van der Waals surface area contributed by atoms with E-state index in [4.69, 9.17) is 19.0 Å². The summed E-state index contributed by atoms with van der Waals surface area (Å²) in [5.41, 5.74) is 0.690. The molecule has 0 heterocycles. The lowest BCUT2D eigenvalue weighted by Gasteiger charge is -2.16. The van der Waals surface area contributed by atoms with Crippen molar-refractivity contribution in [2.24, 2.45) is 5.16 Å². The lowest BCUT2D eigenvalue weighted by atomic mass is 10.1. The third kappa shape index (κ3) is 5.70. The number of allylic oxidation sites excluding steroid dienone is 1. The molecule has 0 saturated carbocycles. The molecular formula is C18H23NO5. The molecule has 0 aromatic heterocycles. The van der Waals surface area contributed by atoms with Crippen LogP contribution < -0.4 is 9.47 Å². The quantitative estimate of drug-likeness (QED) is 0.316. The van der Waals surface area contributed by atoms with Gasteiger partial charge in [0.15, 0.2) is 0 Å². The van der Waals surface area contributed by atoms with Gasteiger partial charge in [0.05, 0.1) is 39.6 Å². The molecule has 24 heavy (non-hydrogen) atoms. The molecule has 0 spiro atoms. The van der Waals surface area contributed by atoms with Gasteiger partial charge in [0.25, 0.3) is 0 Å². The van der Waals surface area contributed by atoms with Crippen LogP contribution in [0, 0.1) is 0 Å². The fourth-order valence-corrected chi connectivity index (χ4v) is 2.33. The Morgan fingerprint density at radius 3 is 2.92 bits per heavy atom. The van der Waals surface area contributed by atoms with Crippen LogP contribution in [0.5, 0.6) is 11.5 Å². The van der Waals surface area contributed by atoms with Gasteiger partial charge < -0.3 is 19.0 Å². The predicted molar refractivity (Wildman–Crippen MR) is 90.6 cm³/mol. The molecule has 1 aliphatic rings. The molecule has 1 aromatic rings. The molecule has 130 valence electrons. The van der Waals surface area contributed by atoms with Crippen molar-refractivity contribution >= 4 is 12.2 Å². The minimum absolute atomic E-state index is 0.110. The molecule has 1 aliphatic carbocycles. The van der Waals surface area contributed by atoms with E-state index in [0.29, 0.717) is 23.7 Å². The third-order valence-corrected chi connectivity index (χ3v) is 3.64. The standard InChI is InChI=1S/C18H23NO5/c1-21-16-9-8-14(17(12-16)22-2)13-19-24-18(20)10-11-23-15-6-4-3-5-7-15/h4,6,8-9,12-13,15H,3,5,7,10-11H2,1-2H3/b19-13-. The molecule has 1 unspecified atom stereocenters. The van der Waals surface area contributed by atoms with E-state index in [1.165, 1.54) is 6.21 Å². The van der Waals surface area contributed by atoms with Gasteiger partial charge in [-0.05, 0) is 31.4 Å². The van der Waals surface area contributed by atoms with E-state index in [-0.39, 0.29) is 12.5 Å². The number of benzene rings is 1. The van der Waals surface area contributed by atoms with Crippen LogP contribution >= 0.6 is 0 Å². The summed E-state index contributed by atoms with van der Waals surface area (Å²) in [6.45, 7) is 0.329. The second kappa shape index (κ2) is 9.72. The van der Waals surface area contributed by atoms with Crippen LogP contribution in [0.4, 0.5) is 0 Å².